The van der Waals surface area contributed by atoms with Crippen molar-refractivity contribution in [3.63, 3.8) is 0 Å². The summed E-state index contributed by atoms with van der Waals surface area (Å²) in [5, 5.41) is 5.77. The van der Waals surface area contributed by atoms with Gasteiger partial charge in [-0.2, -0.15) is 0 Å². The van der Waals surface area contributed by atoms with Gasteiger partial charge in [0, 0.05) is 49.8 Å². The molecular formula is C60H43N7. The first-order chi connectivity index (χ1) is 32.9. The maximum Gasteiger partial charge on any atom is 0.164 e. The number of nitrogens with zero attached hydrogens (tertiary/aromatic N) is 7. The van der Waals surface area contributed by atoms with E-state index in [1.165, 1.54) is 21.5 Å². The topological polar surface area (TPSA) is 66.3 Å². The first-order valence-electron chi connectivity index (χ1n) is 22.8. The Morgan fingerprint density at radius 1 is 0.328 bits per heavy atom. The number of fused-ring (bicyclic) bond motifs is 9. The number of para-hydroxylation sites is 5. The Labute approximate surface area is 386 Å². The summed E-state index contributed by atoms with van der Waals surface area (Å²) in [5.74, 6) is 1.88. The van der Waals surface area contributed by atoms with Crippen LogP contribution in [-0.2, 0) is 0 Å². The summed E-state index contributed by atoms with van der Waals surface area (Å²) in [7, 11) is 0. The van der Waals surface area contributed by atoms with Crippen LogP contribution in [0.1, 0.15) is 22.3 Å². The molecule has 8 aromatic carbocycles. The smallest absolute Gasteiger partial charge is 0.164 e. The van der Waals surface area contributed by atoms with Crippen molar-refractivity contribution in [2.24, 2.45) is 0 Å². The quantitative estimate of drug-likeness (QED) is 0.167. The number of benzene rings is 8. The van der Waals surface area contributed by atoms with Crippen LogP contribution in [0.4, 0.5) is 0 Å². The zero-order valence-corrected chi connectivity index (χ0v) is 37.5. The molecule has 0 N–H and O–H groups in total. The molecule has 7 nitrogen and oxygen atoms in total. The maximum absolute atomic E-state index is 5.51. The van der Waals surface area contributed by atoms with Crippen LogP contribution in [0.2, 0.25) is 0 Å². The van der Waals surface area contributed by atoms with Crippen LogP contribution in [0.5, 0.6) is 0 Å². The van der Waals surface area contributed by atoms with E-state index in [2.05, 4.69) is 217 Å². The largest absolute Gasteiger partial charge is 0.307 e. The van der Waals surface area contributed by atoms with Gasteiger partial charge in [-0.05, 0) is 105 Å². The molecule has 0 amide bonds. The molecule has 0 saturated heterocycles. The number of hydrogen-bond donors (Lipinski definition) is 0. The van der Waals surface area contributed by atoms with Gasteiger partial charge in [0.25, 0.3) is 0 Å². The van der Waals surface area contributed by atoms with Crippen LogP contribution in [0.15, 0.2) is 188 Å². The van der Waals surface area contributed by atoms with Gasteiger partial charge in [-0.25, -0.2) is 15.0 Å². The number of pyridine rings is 1. The lowest BCUT2D eigenvalue weighted by Crippen LogP contribution is -2.11. The standard InChI is InChI=1S/C60H43N7/c1-36-18-15-19-37(2)54(36)59-62-58(63-60(64-59)55-38(3)20-16-21-39(55)4)40-34-52(65-46-27-10-5-22-41(46)42-23-6-11-28-47(42)65)57(67-50-31-14-9-26-45(50)56-51(67)32-17-33-61-56)53(35-40)66-48-29-12-7-24-43(48)44-25-8-13-30-49(44)66/h5-35H,1-4H3. The van der Waals surface area contributed by atoms with Gasteiger partial charge in [-0.15, -0.1) is 0 Å². The SMILES string of the molecule is Cc1cccc(C)c1-c1nc(-c2cc(-n3c4ccccc4c4ccccc43)c(-n3c4ccccc4c4ncccc43)c(-n3c4ccccc4c4ccccc43)c2)nc(-c2c(C)cccc2C)n1. The molecule has 5 aromatic heterocycles. The van der Waals surface area contributed by atoms with Crippen LogP contribution in [0.3, 0.4) is 0 Å². The molecule has 0 bridgehead atoms. The molecule has 0 spiro atoms. The molecule has 318 valence electrons. The number of hydrogen-bond acceptors (Lipinski definition) is 4. The highest BCUT2D eigenvalue weighted by atomic mass is 15.1. The third-order valence-electron chi connectivity index (χ3n) is 13.7. The van der Waals surface area contributed by atoms with Crippen molar-refractivity contribution in [2.75, 3.05) is 0 Å². The normalized spacial score (nSPS) is 11.9. The van der Waals surface area contributed by atoms with Gasteiger partial charge in [0.15, 0.2) is 17.5 Å². The predicted octanol–water partition coefficient (Wildman–Crippen LogP) is 14.8. The summed E-state index contributed by atoms with van der Waals surface area (Å²) in [6.45, 7) is 8.56. The Morgan fingerprint density at radius 2 is 0.687 bits per heavy atom. The lowest BCUT2D eigenvalue weighted by atomic mass is 10.0. The molecule has 0 radical (unpaired) electrons. The van der Waals surface area contributed by atoms with E-state index in [9.17, 15) is 0 Å². The molecular weight excluding hydrogens is 819 g/mol. The summed E-state index contributed by atoms with van der Waals surface area (Å²) < 4.78 is 7.31. The second kappa shape index (κ2) is 14.9. The number of aromatic nitrogens is 7. The third kappa shape index (κ3) is 5.84. The summed E-state index contributed by atoms with van der Waals surface area (Å²) in [4.78, 5) is 21.4. The molecule has 67 heavy (non-hydrogen) atoms. The lowest BCUT2D eigenvalue weighted by Gasteiger charge is -2.23. The zero-order chi connectivity index (χ0) is 44.9. The number of aryl methyl sites for hydroxylation is 4. The summed E-state index contributed by atoms with van der Waals surface area (Å²) in [6, 6.07) is 65.2. The maximum atomic E-state index is 5.51. The van der Waals surface area contributed by atoms with Crippen molar-refractivity contribution >= 4 is 65.5 Å². The van der Waals surface area contributed by atoms with Crippen molar-refractivity contribution in [2.45, 2.75) is 27.7 Å². The van der Waals surface area contributed by atoms with Gasteiger partial charge in [-0.3, -0.25) is 4.98 Å². The fourth-order valence-corrected chi connectivity index (χ4v) is 10.8. The Kier molecular flexibility index (Phi) is 8.64. The molecule has 0 unspecified atom stereocenters. The molecule has 13 aromatic rings. The highest BCUT2D eigenvalue weighted by Gasteiger charge is 2.27. The van der Waals surface area contributed by atoms with Gasteiger partial charge in [0.2, 0.25) is 0 Å². The molecule has 0 fully saturated rings. The summed E-state index contributed by atoms with van der Waals surface area (Å²) >= 11 is 0. The van der Waals surface area contributed by atoms with Crippen molar-refractivity contribution in [1.29, 1.82) is 0 Å². The Hall–Kier alpha value is -8.68. The second-order valence-electron chi connectivity index (χ2n) is 17.7. The van der Waals surface area contributed by atoms with Crippen molar-refractivity contribution in [3.8, 4) is 51.2 Å². The summed E-state index contributed by atoms with van der Waals surface area (Å²) in [5.41, 5.74) is 17.7. The molecule has 0 aliphatic heterocycles. The van der Waals surface area contributed by atoms with Gasteiger partial charge in [0.05, 0.1) is 55.7 Å². The van der Waals surface area contributed by atoms with Crippen molar-refractivity contribution in [1.82, 2.24) is 33.6 Å². The van der Waals surface area contributed by atoms with Crippen LogP contribution in [-0.4, -0.2) is 33.6 Å². The fraction of sp³-hybridized carbons (Fsp3) is 0.0667. The van der Waals surface area contributed by atoms with E-state index in [1.807, 2.05) is 12.3 Å². The third-order valence-corrected chi connectivity index (χ3v) is 13.7. The van der Waals surface area contributed by atoms with E-state index < -0.39 is 0 Å². The fourth-order valence-electron chi connectivity index (χ4n) is 10.8. The average Bonchev–Trinajstić information content (AvgIpc) is 3.99. The van der Waals surface area contributed by atoms with E-state index in [0.29, 0.717) is 17.5 Å². The van der Waals surface area contributed by atoms with Gasteiger partial charge in [-0.1, -0.05) is 127 Å². The Morgan fingerprint density at radius 3 is 1.12 bits per heavy atom. The first-order valence-corrected chi connectivity index (χ1v) is 22.8. The predicted molar refractivity (Wildman–Crippen MR) is 276 cm³/mol. The average molecular weight is 862 g/mol. The van der Waals surface area contributed by atoms with Crippen LogP contribution in [0, 0.1) is 27.7 Å². The molecule has 0 atom stereocenters. The molecule has 7 heteroatoms. The minimum atomic E-state index is 0.588. The Bertz CT molecular complexity index is 3760. The van der Waals surface area contributed by atoms with Crippen molar-refractivity contribution in [3.05, 3.63) is 210 Å². The highest BCUT2D eigenvalue weighted by molar-refractivity contribution is 6.13. The monoisotopic (exact) mass is 861 g/mol. The molecule has 0 saturated carbocycles. The minimum absolute atomic E-state index is 0.588. The van der Waals surface area contributed by atoms with E-state index in [-0.39, 0.29) is 0 Å². The molecule has 13 rings (SSSR count). The van der Waals surface area contributed by atoms with E-state index in [1.54, 1.807) is 0 Å². The van der Waals surface area contributed by atoms with Gasteiger partial charge >= 0.3 is 0 Å². The van der Waals surface area contributed by atoms with Gasteiger partial charge < -0.3 is 13.7 Å². The second-order valence-corrected chi connectivity index (χ2v) is 17.7. The lowest BCUT2D eigenvalue weighted by molar-refractivity contribution is 1.04. The zero-order valence-electron chi connectivity index (χ0n) is 37.5. The first kappa shape index (κ1) is 38.8. The van der Waals surface area contributed by atoms with Crippen molar-refractivity contribution < 1.29 is 0 Å². The van der Waals surface area contributed by atoms with Crippen LogP contribution < -0.4 is 0 Å². The number of rotatable bonds is 6. The van der Waals surface area contributed by atoms with E-state index >= 15 is 0 Å². The van der Waals surface area contributed by atoms with E-state index in [0.717, 1.165) is 100 Å². The molecule has 0 aliphatic carbocycles. The molecule has 0 aliphatic rings. The van der Waals surface area contributed by atoms with Gasteiger partial charge in [0.1, 0.15) is 0 Å². The van der Waals surface area contributed by atoms with Crippen LogP contribution >= 0.6 is 0 Å². The highest BCUT2D eigenvalue weighted by Crippen LogP contribution is 2.45. The Balaban J connectivity index is 1.27. The summed E-state index contributed by atoms with van der Waals surface area (Å²) in [6.07, 6.45) is 1.90. The molecule has 5 heterocycles. The van der Waals surface area contributed by atoms with Crippen LogP contribution in [0.25, 0.3) is 117 Å². The van der Waals surface area contributed by atoms with E-state index in [4.69, 9.17) is 19.9 Å². The minimum Gasteiger partial charge on any atom is -0.307 e.